The molecule has 0 saturated carbocycles. The topological polar surface area (TPSA) is 78.7 Å². The Morgan fingerprint density at radius 1 is 1.15 bits per heavy atom. The van der Waals surface area contributed by atoms with Crippen molar-refractivity contribution >= 4 is 11.5 Å². The molecule has 2 aliphatic heterocycles. The zero-order chi connectivity index (χ0) is 18.2. The highest BCUT2D eigenvalue weighted by molar-refractivity contribution is 6.05. The van der Waals surface area contributed by atoms with Gasteiger partial charge < -0.3 is 0 Å². The van der Waals surface area contributed by atoms with Crippen molar-refractivity contribution in [2.45, 2.75) is 32.4 Å². The molecule has 2 aromatic heterocycles. The third-order valence-corrected chi connectivity index (χ3v) is 5.01. The van der Waals surface area contributed by atoms with Gasteiger partial charge in [0.2, 0.25) is 0 Å². The van der Waals surface area contributed by atoms with E-state index in [0.29, 0.717) is 0 Å². The first-order valence-corrected chi connectivity index (χ1v) is 9.03. The second-order valence-corrected chi connectivity index (χ2v) is 6.94. The lowest BCUT2D eigenvalue weighted by Gasteiger charge is -2.26. The van der Waals surface area contributed by atoms with E-state index in [1.807, 2.05) is 42.7 Å². The summed E-state index contributed by atoms with van der Waals surface area (Å²) in [5.74, 6) is 0.871. The number of hydrogen-bond donors (Lipinski definition) is 1. The van der Waals surface area contributed by atoms with Crippen LogP contribution in [0.1, 0.15) is 24.6 Å². The Kier molecular flexibility index (Phi) is 3.78. The molecule has 5 rings (SSSR count). The first-order chi connectivity index (χ1) is 13.3. The summed E-state index contributed by atoms with van der Waals surface area (Å²) in [4.78, 5) is 12.9. The van der Waals surface area contributed by atoms with Crippen LogP contribution in [0, 0.1) is 0 Å². The van der Waals surface area contributed by atoms with Gasteiger partial charge in [-0.2, -0.15) is 10.2 Å². The van der Waals surface area contributed by atoms with Crippen molar-refractivity contribution < 1.29 is 0 Å². The summed E-state index contributed by atoms with van der Waals surface area (Å²) in [6.07, 6.45) is 16.0. The maximum absolute atomic E-state index is 4.66. The number of nitrogens with one attached hydrogen (secondary N) is 1. The molecular formula is C20H19N7. The fourth-order valence-electron chi connectivity index (χ4n) is 3.61. The summed E-state index contributed by atoms with van der Waals surface area (Å²) in [6.45, 7) is 2.00. The van der Waals surface area contributed by atoms with Crippen LogP contribution in [0.3, 0.4) is 0 Å². The molecule has 0 bridgehead atoms. The van der Waals surface area contributed by atoms with Crippen LogP contribution in [0.5, 0.6) is 0 Å². The van der Waals surface area contributed by atoms with Crippen molar-refractivity contribution in [2.24, 2.45) is 10.2 Å². The third-order valence-electron chi connectivity index (χ3n) is 5.01. The van der Waals surface area contributed by atoms with Crippen molar-refractivity contribution in [2.75, 3.05) is 0 Å². The first-order valence-electron chi connectivity index (χ1n) is 9.03. The number of allylic oxidation sites excluding steroid dienone is 2. The summed E-state index contributed by atoms with van der Waals surface area (Å²) in [5.41, 5.74) is 10.0. The fourth-order valence-corrected chi connectivity index (χ4v) is 3.61. The molecule has 1 atom stereocenters. The molecule has 134 valence electrons. The van der Waals surface area contributed by atoms with Gasteiger partial charge in [0.15, 0.2) is 5.84 Å². The van der Waals surface area contributed by atoms with Gasteiger partial charge in [0, 0.05) is 48.3 Å². The minimum Gasteiger partial charge on any atom is -0.283 e. The van der Waals surface area contributed by atoms with Crippen LogP contribution in [-0.4, -0.2) is 37.7 Å². The normalized spacial score (nSPS) is 20.3. The Morgan fingerprint density at radius 2 is 2.04 bits per heavy atom. The maximum Gasteiger partial charge on any atom is 0.170 e. The Labute approximate surface area is 157 Å². The van der Waals surface area contributed by atoms with Gasteiger partial charge in [0.1, 0.15) is 12.5 Å². The Hall–Kier alpha value is -3.35. The molecule has 0 saturated heterocycles. The number of rotatable bonds is 3. The van der Waals surface area contributed by atoms with Crippen LogP contribution in [0.25, 0.3) is 11.1 Å². The second kappa shape index (κ2) is 6.42. The van der Waals surface area contributed by atoms with Crippen molar-refractivity contribution in [3.8, 4) is 11.1 Å². The second-order valence-electron chi connectivity index (χ2n) is 6.94. The molecule has 2 aromatic rings. The lowest BCUT2D eigenvalue weighted by Crippen LogP contribution is -2.38. The Bertz CT molecular complexity index is 1000. The van der Waals surface area contributed by atoms with Crippen LogP contribution in [-0.2, 0) is 12.8 Å². The summed E-state index contributed by atoms with van der Waals surface area (Å²) < 4.78 is 0. The molecule has 0 amide bonds. The Morgan fingerprint density at radius 3 is 2.93 bits per heavy atom. The van der Waals surface area contributed by atoms with Gasteiger partial charge in [-0.15, -0.1) is 0 Å². The molecule has 4 heterocycles. The van der Waals surface area contributed by atoms with Crippen molar-refractivity contribution in [1.82, 2.24) is 25.4 Å². The SMILES string of the molecule is CC1=NN2C(=NNC2CC2=CCc3ncc(-c4cncnc4)cc3C2)C=C1. The number of amidine groups is 1. The zero-order valence-electron chi connectivity index (χ0n) is 15.0. The van der Waals surface area contributed by atoms with Crippen LogP contribution >= 0.6 is 0 Å². The van der Waals surface area contributed by atoms with E-state index >= 15 is 0 Å². The molecule has 7 heteroatoms. The first kappa shape index (κ1) is 15.9. The fraction of sp³-hybridized carbons (Fsp3) is 0.250. The van der Waals surface area contributed by atoms with Crippen LogP contribution in [0.15, 0.2) is 65.0 Å². The molecule has 0 radical (unpaired) electrons. The van der Waals surface area contributed by atoms with Gasteiger partial charge >= 0.3 is 0 Å². The van der Waals surface area contributed by atoms with Crippen LogP contribution < -0.4 is 5.43 Å². The Balaban J connectivity index is 1.34. The van der Waals surface area contributed by atoms with Crippen molar-refractivity contribution in [1.29, 1.82) is 0 Å². The van der Waals surface area contributed by atoms with Gasteiger partial charge in [0.25, 0.3) is 0 Å². The number of fused-ring (bicyclic) bond motifs is 2. The van der Waals surface area contributed by atoms with Gasteiger partial charge in [-0.3, -0.25) is 10.4 Å². The van der Waals surface area contributed by atoms with Crippen molar-refractivity contribution in [3.63, 3.8) is 0 Å². The van der Waals surface area contributed by atoms with Gasteiger partial charge in [-0.25, -0.2) is 15.0 Å². The highest BCUT2D eigenvalue weighted by Gasteiger charge is 2.29. The average Bonchev–Trinajstić information content (AvgIpc) is 3.10. The summed E-state index contributed by atoms with van der Waals surface area (Å²) in [5, 5.41) is 11.0. The largest absolute Gasteiger partial charge is 0.283 e. The van der Waals surface area contributed by atoms with E-state index in [-0.39, 0.29) is 6.17 Å². The molecule has 1 aliphatic carbocycles. The van der Waals surface area contributed by atoms with Crippen LogP contribution in [0.2, 0.25) is 0 Å². The summed E-state index contributed by atoms with van der Waals surface area (Å²) in [6, 6.07) is 2.21. The highest BCUT2D eigenvalue weighted by atomic mass is 15.6. The number of hydrogen-bond acceptors (Lipinski definition) is 7. The molecule has 0 fully saturated rings. The number of pyridine rings is 1. The van der Waals surface area contributed by atoms with E-state index in [2.05, 4.69) is 42.7 Å². The molecular weight excluding hydrogens is 338 g/mol. The summed E-state index contributed by atoms with van der Waals surface area (Å²) in [7, 11) is 0. The highest BCUT2D eigenvalue weighted by Crippen LogP contribution is 2.28. The standard InChI is InChI=1S/C20H19N7/c1-13-2-5-19-24-25-20(27(19)26-13)7-14-3-4-18-15(6-14)8-16(11-23-18)17-9-21-12-22-10-17/h2-3,5,8-12,20,25H,4,6-7H2,1H3. The van der Waals surface area contributed by atoms with E-state index in [4.69, 9.17) is 0 Å². The van der Waals surface area contributed by atoms with Gasteiger partial charge in [-0.05, 0) is 37.1 Å². The molecule has 7 nitrogen and oxygen atoms in total. The number of hydrazone groups is 2. The summed E-state index contributed by atoms with van der Waals surface area (Å²) >= 11 is 0. The van der Waals surface area contributed by atoms with Crippen LogP contribution in [0.4, 0.5) is 0 Å². The molecule has 1 unspecified atom stereocenters. The predicted octanol–water partition coefficient (Wildman–Crippen LogP) is 2.44. The number of aromatic nitrogens is 3. The van der Waals surface area contributed by atoms with E-state index in [0.717, 1.165) is 47.6 Å². The predicted molar refractivity (Wildman–Crippen MR) is 104 cm³/mol. The lowest BCUT2D eigenvalue weighted by atomic mass is 9.91. The molecule has 27 heavy (non-hydrogen) atoms. The van der Waals surface area contributed by atoms with E-state index in [1.54, 1.807) is 6.33 Å². The van der Waals surface area contributed by atoms with E-state index < -0.39 is 0 Å². The quantitative estimate of drug-likeness (QED) is 0.854. The minimum atomic E-state index is 0.0614. The van der Waals surface area contributed by atoms with E-state index in [9.17, 15) is 0 Å². The lowest BCUT2D eigenvalue weighted by molar-refractivity contribution is 0.308. The van der Waals surface area contributed by atoms with E-state index in [1.165, 1.54) is 11.1 Å². The molecule has 1 N–H and O–H groups in total. The molecule has 0 spiro atoms. The minimum absolute atomic E-state index is 0.0614. The van der Waals surface area contributed by atoms with Gasteiger partial charge in [-0.1, -0.05) is 11.6 Å². The van der Waals surface area contributed by atoms with Gasteiger partial charge in [0.05, 0.1) is 5.71 Å². The molecule has 3 aliphatic rings. The zero-order valence-corrected chi connectivity index (χ0v) is 15.0. The monoisotopic (exact) mass is 357 g/mol. The number of nitrogens with zero attached hydrogens (tertiary/aromatic N) is 6. The maximum atomic E-state index is 4.66. The third kappa shape index (κ3) is 3.01. The molecule has 0 aromatic carbocycles. The smallest absolute Gasteiger partial charge is 0.170 e. The van der Waals surface area contributed by atoms with Crippen molar-refractivity contribution in [3.05, 3.63) is 66.0 Å². The average molecular weight is 357 g/mol.